The Morgan fingerprint density at radius 2 is 2.00 bits per heavy atom. The fourth-order valence-corrected chi connectivity index (χ4v) is 2.17. The van der Waals surface area contributed by atoms with Gasteiger partial charge in [-0.1, -0.05) is 15.9 Å². The monoisotopic (exact) mass is 352 g/mol. The summed E-state index contributed by atoms with van der Waals surface area (Å²) in [6, 6.07) is 9.68. The number of carbonyl (C=O) groups excluding carboxylic acids is 1. The summed E-state index contributed by atoms with van der Waals surface area (Å²) in [5, 5.41) is 0. The fourth-order valence-electron chi connectivity index (χ4n) is 1.83. The second-order valence-electron chi connectivity index (χ2n) is 4.44. The van der Waals surface area contributed by atoms with Gasteiger partial charge in [0.25, 0.3) is 0 Å². The van der Waals surface area contributed by atoms with Crippen LogP contribution < -0.4 is 9.47 Å². The summed E-state index contributed by atoms with van der Waals surface area (Å²) in [7, 11) is 1.48. The molecular formula is C16H14BrFO3. The van der Waals surface area contributed by atoms with E-state index in [9.17, 15) is 9.18 Å². The number of hydrogen-bond donors (Lipinski definition) is 0. The molecule has 110 valence electrons. The molecular weight excluding hydrogens is 339 g/mol. The number of rotatable bonds is 5. The SMILES string of the molecule is COc1ccc(COc2cc(Br)ccc2C(C)=O)c(F)c1. The lowest BCUT2D eigenvalue weighted by Gasteiger charge is -2.11. The van der Waals surface area contributed by atoms with Crippen molar-refractivity contribution in [2.45, 2.75) is 13.5 Å². The van der Waals surface area contributed by atoms with Crippen LogP contribution in [-0.2, 0) is 6.61 Å². The smallest absolute Gasteiger partial charge is 0.163 e. The first-order valence-corrected chi connectivity index (χ1v) is 7.06. The predicted molar refractivity (Wildman–Crippen MR) is 81.4 cm³/mol. The van der Waals surface area contributed by atoms with E-state index >= 15 is 0 Å². The molecule has 2 aromatic carbocycles. The Morgan fingerprint density at radius 3 is 2.62 bits per heavy atom. The largest absolute Gasteiger partial charge is 0.497 e. The van der Waals surface area contributed by atoms with Crippen LogP contribution in [0.4, 0.5) is 4.39 Å². The normalized spacial score (nSPS) is 10.3. The van der Waals surface area contributed by atoms with Crippen LogP contribution >= 0.6 is 15.9 Å². The lowest BCUT2D eigenvalue weighted by atomic mass is 10.1. The van der Waals surface area contributed by atoms with Gasteiger partial charge in [-0.15, -0.1) is 0 Å². The van der Waals surface area contributed by atoms with Crippen molar-refractivity contribution in [1.29, 1.82) is 0 Å². The Bertz CT molecular complexity index is 671. The van der Waals surface area contributed by atoms with Crippen LogP contribution in [0.1, 0.15) is 22.8 Å². The molecule has 2 rings (SSSR count). The molecule has 0 N–H and O–H groups in total. The van der Waals surface area contributed by atoms with Crippen LogP contribution in [0, 0.1) is 5.82 Å². The molecule has 0 radical (unpaired) electrons. The molecule has 21 heavy (non-hydrogen) atoms. The van der Waals surface area contributed by atoms with Gasteiger partial charge in [0.2, 0.25) is 0 Å². The number of benzene rings is 2. The number of ketones is 1. The average Bonchev–Trinajstić information content (AvgIpc) is 2.45. The van der Waals surface area contributed by atoms with Crippen LogP contribution in [0.15, 0.2) is 40.9 Å². The van der Waals surface area contributed by atoms with E-state index in [0.717, 1.165) is 4.47 Å². The zero-order valence-corrected chi connectivity index (χ0v) is 13.2. The van der Waals surface area contributed by atoms with Gasteiger partial charge in [-0.2, -0.15) is 0 Å². The molecule has 0 heterocycles. The first-order valence-electron chi connectivity index (χ1n) is 6.27. The Balaban J connectivity index is 2.20. The molecule has 2 aromatic rings. The van der Waals surface area contributed by atoms with Gasteiger partial charge in [-0.25, -0.2) is 4.39 Å². The van der Waals surface area contributed by atoms with Gasteiger partial charge >= 0.3 is 0 Å². The molecule has 0 aliphatic carbocycles. The summed E-state index contributed by atoms with van der Waals surface area (Å²) >= 11 is 3.32. The molecule has 0 saturated carbocycles. The number of methoxy groups -OCH3 is 1. The van der Waals surface area contributed by atoms with Crippen molar-refractivity contribution in [2.24, 2.45) is 0 Å². The van der Waals surface area contributed by atoms with E-state index in [-0.39, 0.29) is 12.4 Å². The minimum atomic E-state index is -0.409. The van der Waals surface area contributed by atoms with Gasteiger partial charge < -0.3 is 9.47 Å². The van der Waals surface area contributed by atoms with E-state index < -0.39 is 5.82 Å². The minimum Gasteiger partial charge on any atom is -0.497 e. The molecule has 0 spiro atoms. The van der Waals surface area contributed by atoms with Gasteiger partial charge in [0.1, 0.15) is 23.9 Å². The number of hydrogen-bond acceptors (Lipinski definition) is 3. The lowest BCUT2D eigenvalue weighted by molar-refractivity contribution is 0.101. The Kier molecular flexibility index (Phi) is 4.96. The van der Waals surface area contributed by atoms with Crippen LogP contribution in [0.2, 0.25) is 0 Å². The van der Waals surface area contributed by atoms with Crippen molar-refractivity contribution >= 4 is 21.7 Å². The molecule has 0 aromatic heterocycles. The molecule has 0 amide bonds. The van der Waals surface area contributed by atoms with E-state index in [1.807, 2.05) is 0 Å². The van der Waals surface area contributed by atoms with Gasteiger partial charge in [0.15, 0.2) is 5.78 Å². The topological polar surface area (TPSA) is 35.5 Å². The second-order valence-corrected chi connectivity index (χ2v) is 5.36. The van der Waals surface area contributed by atoms with Crippen LogP contribution in [0.3, 0.4) is 0 Å². The van der Waals surface area contributed by atoms with Crippen LogP contribution in [0.25, 0.3) is 0 Å². The maximum atomic E-state index is 13.8. The van der Waals surface area contributed by atoms with Crippen molar-refractivity contribution in [3.05, 3.63) is 57.8 Å². The molecule has 0 aliphatic rings. The highest BCUT2D eigenvalue weighted by atomic mass is 79.9. The van der Waals surface area contributed by atoms with E-state index in [0.29, 0.717) is 22.6 Å². The standard InChI is InChI=1S/C16H14BrFO3/c1-10(19)14-6-4-12(17)7-16(14)21-9-11-3-5-13(20-2)8-15(11)18/h3-8H,9H2,1-2H3. The lowest BCUT2D eigenvalue weighted by Crippen LogP contribution is -2.03. The van der Waals surface area contributed by atoms with Crippen molar-refractivity contribution in [1.82, 2.24) is 0 Å². The van der Waals surface area contributed by atoms with Crippen molar-refractivity contribution in [3.8, 4) is 11.5 Å². The number of carbonyl (C=O) groups is 1. The predicted octanol–water partition coefficient (Wildman–Crippen LogP) is 4.38. The molecule has 0 bridgehead atoms. The molecule has 0 unspecified atom stereocenters. The Hall–Kier alpha value is -1.88. The molecule has 0 atom stereocenters. The van der Waals surface area contributed by atoms with Crippen molar-refractivity contribution < 1.29 is 18.7 Å². The zero-order valence-electron chi connectivity index (χ0n) is 11.7. The summed E-state index contributed by atoms with van der Waals surface area (Å²) in [5.74, 6) is 0.358. The quantitative estimate of drug-likeness (QED) is 0.749. The average molecular weight is 353 g/mol. The van der Waals surface area contributed by atoms with Gasteiger partial charge in [-0.3, -0.25) is 4.79 Å². The first kappa shape index (κ1) is 15.5. The third kappa shape index (κ3) is 3.82. The first-order chi connectivity index (χ1) is 10.0. The molecule has 0 saturated heterocycles. The maximum absolute atomic E-state index is 13.8. The van der Waals surface area contributed by atoms with Gasteiger partial charge in [-0.05, 0) is 37.3 Å². The Labute approximate surface area is 130 Å². The molecule has 0 aliphatic heterocycles. The zero-order chi connectivity index (χ0) is 15.4. The molecule has 5 heteroatoms. The summed E-state index contributed by atoms with van der Waals surface area (Å²) in [4.78, 5) is 11.6. The van der Waals surface area contributed by atoms with Gasteiger partial charge in [0.05, 0.1) is 12.7 Å². The third-order valence-electron chi connectivity index (χ3n) is 2.97. The third-order valence-corrected chi connectivity index (χ3v) is 3.46. The summed E-state index contributed by atoms with van der Waals surface area (Å²) in [6.45, 7) is 1.50. The highest BCUT2D eigenvalue weighted by Crippen LogP contribution is 2.26. The van der Waals surface area contributed by atoms with E-state index in [2.05, 4.69) is 15.9 Å². The summed E-state index contributed by atoms with van der Waals surface area (Å²) in [6.07, 6.45) is 0. The van der Waals surface area contributed by atoms with Gasteiger partial charge in [0, 0.05) is 16.1 Å². The second kappa shape index (κ2) is 6.72. The summed E-state index contributed by atoms with van der Waals surface area (Å²) < 4.78 is 25.2. The van der Waals surface area contributed by atoms with E-state index in [1.54, 1.807) is 30.3 Å². The maximum Gasteiger partial charge on any atom is 0.163 e. The fraction of sp³-hybridized carbons (Fsp3) is 0.188. The van der Waals surface area contributed by atoms with Crippen molar-refractivity contribution in [3.63, 3.8) is 0 Å². The molecule has 3 nitrogen and oxygen atoms in total. The number of Topliss-reactive ketones (excluding diaryl/α,β-unsaturated/α-hetero) is 1. The Morgan fingerprint density at radius 1 is 1.24 bits per heavy atom. The number of halogens is 2. The minimum absolute atomic E-state index is 0.0343. The van der Waals surface area contributed by atoms with E-state index in [1.165, 1.54) is 20.1 Å². The van der Waals surface area contributed by atoms with Crippen LogP contribution in [-0.4, -0.2) is 12.9 Å². The molecule has 0 fully saturated rings. The number of ether oxygens (including phenoxy) is 2. The van der Waals surface area contributed by atoms with Crippen LogP contribution in [0.5, 0.6) is 11.5 Å². The van der Waals surface area contributed by atoms with Crippen molar-refractivity contribution in [2.75, 3.05) is 7.11 Å². The highest BCUT2D eigenvalue weighted by Gasteiger charge is 2.11. The summed E-state index contributed by atoms with van der Waals surface area (Å²) in [5.41, 5.74) is 0.859. The highest BCUT2D eigenvalue weighted by molar-refractivity contribution is 9.10. The van der Waals surface area contributed by atoms with E-state index in [4.69, 9.17) is 9.47 Å².